The first-order chi connectivity index (χ1) is 13.8. The van der Waals surface area contributed by atoms with Gasteiger partial charge in [-0.05, 0) is 17.9 Å². The van der Waals surface area contributed by atoms with Crippen LogP contribution in [0.5, 0.6) is 0 Å². The van der Waals surface area contributed by atoms with Crippen molar-refractivity contribution in [3.63, 3.8) is 0 Å². The molecule has 1 aliphatic rings. The lowest BCUT2D eigenvalue weighted by molar-refractivity contribution is -0.897. The molecule has 1 heterocycles. The molecule has 1 rings (SSSR count). The molecule has 0 atom stereocenters. The molecule has 0 amide bonds. The molecule has 0 saturated carbocycles. The van der Waals surface area contributed by atoms with Crippen LogP contribution in [0.2, 0.25) is 0 Å². The average molecular weight is 413 g/mol. The third kappa shape index (κ3) is 16.1. The average Bonchev–Trinajstić information content (AvgIpc) is 3.13. The number of unbranched alkanes of at least 4 members (excludes halogenated alkanes) is 15. The maximum absolute atomic E-state index is 2.47. The molecule has 0 aromatic rings. The van der Waals surface area contributed by atoms with E-state index in [1.54, 1.807) is 0 Å². The maximum Gasteiger partial charge on any atom is 0.0792 e. The summed E-state index contributed by atoms with van der Waals surface area (Å²) in [5.74, 6) is 2.80. The first-order valence-corrected chi connectivity index (χ1v) is 14.3. The molecule has 2 heteroatoms. The standard InChI is InChI=1S/C26H54NS/c1-3-4-5-6-7-8-9-10-11-12-13-14-15-16-17-20-25-28-26-21-24-27(2)22-18-19-23-27/h3-26H2,1-2H3/q+1. The minimum atomic E-state index is 1.36. The summed E-state index contributed by atoms with van der Waals surface area (Å²) in [4.78, 5) is 0. The van der Waals surface area contributed by atoms with Crippen LogP contribution in [-0.2, 0) is 0 Å². The molecular weight excluding hydrogens is 358 g/mol. The maximum atomic E-state index is 2.47. The van der Waals surface area contributed by atoms with Crippen molar-refractivity contribution in [1.82, 2.24) is 0 Å². The van der Waals surface area contributed by atoms with Crippen LogP contribution in [0.15, 0.2) is 0 Å². The van der Waals surface area contributed by atoms with E-state index in [1.165, 1.54) is 158 Å². The SMILES string of the molecule is CCCCCCCCCCCCCCCCCCSCCC[N+]1(C)CCCC1. The summed E-state index contributed by atoms with van der Waals surface area (Å²) in [7, 11) is 2.47. The van der Waals surface area contributed by atoms with Crippen LogP contribution in [0.3, 0.4) is 0 Å². The predicted octanol–water partition coefficient (Wildman–Crippen LogP) is 8.61. The molecule has 0 bridgehead atoms. The highest BCUT2D eigenvalue weighted by Crippen LogP contribution is 2.18. The molecule has 1 saturated heterocycles. The number of nitrogens with zero attached hydrogens (tertiary/aromatic N) is 1. The van der Waals surface area contributed by atoms with Gasteiger partial charge in [0.05, 0.1) is 26.7 Å². The predicted molar refractivity (Wildman–Crippen MR) is 132 cm³/mol. The third-order valence-electron chi connectivity index (χ3n) is 6.77. The highest BCUT2D eigenvalue weighted by Gasteiger charge is 2.25. The second kappa shape index (κ2) is 19.3. The number of hydrogen-bond donors (Lipinski definition) is 0. The molecule has 0 aliphatic carbocycles. The number of quaternary nitrogens is 1. The van der Waals surface area contributed by atoms with E-state index in [0.717, 1.165) is 0 Å². The van der Waals surface area contributed by atoms with E-state index in [2.05, 4.69) is 25.7 Å². The largest absolute Gasteiger partial charge is 0.326 e. The molecular formula is C26H54NS+. The van der Waals surface area contributed by atoms with E-state index in [9.17, 15) is 0 Å². The molecule has 0 N–H and O–H groups in total. The topological polar surface area (TPSA) is 0 Å². The van der Waals surface area contributed by atoms with Crippen LogP contribution in [0.4, 0.5) is 0 Å². The Morgan fingerprint density at radius 2 is 0.929 bits per heavy atom. The fourth-order valence-corrected chi connectivity index (χ4v) is 5.67. The fraction of sp³-hybridized carbons (Fsp3) is 1.00. The molecule has 1 nitrogen and oxygen atoms in total. The summed E-state index contributed by atoms with van der Waals surface area (Å²) in [5.41, 5.74) is 0. The van der Waals surface area contributed by atoms with Gasteiger partial charge in [0.1, 0.15) is 0 Å². The molecule has 0 aromatic carbocycles. The zero-order valence-corrected chi connectivity index (χ0v) is 20.6. The molecule has 168 valence electrons. The molecule has 1 fully saturated rings. The summed E-state index contributed by atoms with van der Waals surface area (Å²) in [6.45, 7) is 6.59. The van der Waals surface area contributed by atoms with E-state index >= 15 is 0 Å². The second-order valence-corrected chi connectivity index (χ2v) is 11.0. The van der Waals surface area contributed by atoms with Crippen LogP contribution < -0.4 is 0 Å². The Hall–Kier alpha value is 0.310. The van der Waals surface area contributed by atoms with Gasteiger partial charge in [-0.15, -0.1) is 0 Å². The summed E-state index contributed by atoms with van der Waals surface area (Å²) >= 11 is 2.21. The summed E-state index contributed by atoms with van der Waals surface area (Å²) in [5, 5.41) is 0. The van der Waals surface area contributed by atoms with Crippen molar-refractivity contribution in [3.8, 4) is 0 Å². The Morgan fingerprint density at radius 3 is 1.39 bits per heavy atom. The van der Waals surface area contributed by atoms with Gasteiger partial charge in [-0.1, -0.05) is 103 Å². The Labute approximate surface area is 183 Å². The van der Waals surface area contributed by atoms with Gasteiger partial charge in [0.2, 0.25) is 0 Å². The smallest absolute Gasteiger partial charge is 0.0792 e. The second-order valence-electron chi connectivity index (χ2n) is 9.77. The molecule has 0 radical (unpaired) electrons. The van der Waals surface area contributed by atoms with E-state index in [0.29, 0.717) is 0 Å². The fourth-order valence-electron chi connectivity index (χ4n) is 4.73. The minimum Gasteiger partial charge on any atom is -0.326 e. The van der Waals surface area contributed by atoms with Crippen molar-refractivity contribution in [2.24, 2.45) is 0 Å². The summed E-state index contributed by atoms with van der Waals surface area (Å²) in [6, 6.07) is 0. The minimum absolute atomic E-state index is 1.36. The van der Waals surface area contributed by atoms with Crippen LogP contribution in [-0.4, -0.2) is 42.7 Å². The van der Waals surface area contributed by atoms with Crippen LogP contribution in [0.1, 0.15) is 129 Å². The van der Waals surface area contributed by atoms with Crippen molar-refractivity contribution >= 4 is 11.8 Å². The van der Waals surface area contributed by atoms with Gasteiger partial charge in [-0.25, -0.2) is 0 Å². The Morgan fingerprint density at radius 1 is 0.536 bits per heavy atom. The highest BCUT2D eigenvalue weighted by atomic mass is 32.2. The lowest BCUT2D eigenvalue weighted by Crippen LogP contribution is -2.41. The van der Waals surface area contributed by atoms with Crippen LogP contribution in [0, 0.1) is 0 Å². The normalized spacial score (nSPS) is 16.1. The zero-order valence-electron chi connectivity index (χ0n) is 19.8. The number of thioether (sulfide) groups is 1. The van der Waals surface area contributed by atoms with Crippen molar-refractivity contribution in [2.45, 2.75) is 129 Å². The van der Waals surface area contributed by atoms with Crippen LogP contribution >= 0.6 is 11.8 Å². The van der Waals surface area contributed by atoms with Gasteiger partial charge in [0.25, 0.3) is 0 Å². The Balaban J connectivity index is 1.66. The van der Waals surface area contributed by atoms with E-state index in [-0.39, 0.29) is 0 Å². The first-order valence-electron chi connectivity index (χ1n) is 13.2. The first kappa shape index (κ1) is 26.3. The van der Waals surface area contributed by atoms with Gasteiger partial charge in [0.15, 0.2) is 0 Å². The van der Waals surface area contributed by atoms with E-state index < -0.39 is 0 Å². The quantitative estimate of drug-likeness (QED) is 0.134. The van der Waals surface area contributed by atoms with Crippen molar-refractivity contribution in [1.29, 1.82) is 0 Å². The summed E-state index contributed by atoms with van der Waals surface area (Å²) < 4.78 is 1.36. The van der Waals surface area contributed by atoms with Gasteiger partial charge >= 0.3 is 0 Å². The van der Waals surface area contributed by atoms with Gasteiger partial charge in [-0.3, -0.25) is 0 Å². The van der Waals surface area contributed by atoms with Crippen molar-refractivity contribution < 1.29 is 4.48 Å². The summed E-state index contributed by atoms with van der Waals surface area (Å²) in [6.07, 6.45) is 27.9. The van der Waals surface area contributed by atoms with Gasteiger partial charge in [-0.2, -0.15) is 11.8 Å². The van der Waals surface area contributed by atoms with E-state index in [4.69, 9.17) is 0 Å². The molecule has 0 unspecified atom stereocenters. The van der Waals surface area contributed by atoms with Crippen molar-refractivity contribution in [2.75, 3.05) is 38.2 Å². The number of likely N-dealkylation sites (tertiary alicyclic amines) is 1. The zero-order chi connectivity index (χ0) is 20.2. The Bertz CT molecular complexity index is 312. The molecule has 0 aromatic heterocycles. The lowest BCUT2D eigenvalue weighted by Gasteiger charge is -2.29. The van der Waals surface area contributed by atoms with Crippen LogP contribution in [0.25, 0.3) is 0 Å². The number of rotatable bonds is 21. The van der Waals surface area contributed by atoms with E-state index in [1.807, 2.05) is 0 Å². The molecule has 28 heavy (non-hydrogen) atoms. The highest BCUT2D eigenvalue weighted by molar-refractivity contribution is 7.99. The number of hydrogen-bond acceptors (Lipinski definition) is 1. The lowest BCUT2D eigenvalue weighted by atomic mass is 10.0. The van der Waals surface area contributed by atoms with Crippen molar-refractivity contribution in [3.05, 3.63) is 0 Å². The molecule has 0 spiro atoms. The Kier molecular flexibility index (Phi) is 18.1. The monoisotopic (exact) mass is 412 g/mol. The third-order valence-corrected chi connectivity index (χ3v) is 7.93. The molecule has 1 aliphatic heterocycles. The van der Waals surface area contributed by atoms with Gasteiger partial charge < -0.3 is 4.48 Å². The van der Waals surface area contributed by atoms with Gasteiger partial charge in [0, 0.05) is 19.3 Å².